The summed E-state index contributed by atoms with van der Waals surface area (Å²) in [7, 11) is 1.31. The van der Waals surface area contributed by atoms with Crippen LogP contribution in [0.4, 0.5) is 10.1 Å². The second kappa shape index (κ2) is 5.70. The van der Waals surface area contributed by atoms with Gasteiger partial charge in [-0.05, 0) is 24.6 Å². The summed E-state index contributed by atoms with van der Waals surface area (Å²) in [6.07, 6.45) is 0.542. The Labute approximate surface area is 98.5 Å². The smallest absolute Gasteiger partial charge is 0.328 e. The molecule has 0 aliphatic carbocycles. The minimum Gasteiger partial charge on any atom is -0.467 e. The molecule has 1 aromatic rings. The van der Waals surface area contributed by atoms with E-state index in [4.69, 9.17) is 11.6 Å². The van der Waals surface area contributed by atoms with Crippen molar-refractivity contribution in [2.24, 2.45) is 0 Å². The Hall–Kier alpha value is -1.29. The summed E-state index contributed by atoms with van der Waals surface area (Å²) in [5, 5.41) is 3.14. The molecule has 0 heterocycles. The fourth-order valence-corrected chi connectivity index (χ4v) is 1.53. The van der Waals surface area contributed by atoms with Gasteiger partial charge in [0.05, 0.1) is 7.11 Å². The molecule has 0 saturated carbocycles. The summed E-state index contributed by atoms with van der Waals surface area (Å²) in [5.41, 5.74) is 0.460. The molecule has 0 aliphatic heterocycles. The van der Waals surface area contributed by atoms with Crippen molar-refractivity contribution in [1.29, 1.82) is 0 Å². The zero-order valence-corrected chi connectivity index (χ0v) is 9.84. The maximum Gasteiger partial charge on any atom is 0.328 e. The minimum atomic E-state index is -0.497. The van der Waals surface area contributed by atoms with Crippen LogP contribution in [0.2, 0.25) is 5.02 Å². The molecule has 0 radical (unpaired) electrons. The molecule has 1 N–H and O–H groups in total. The van der Waals surface area contributed by atoms with Gasteiger partial charge in [-0.25, -0.2) is 9.18 Å². The normalized spacial score (nSPS) is 12.0. The second-order valence-corrected chi connectivity index (χ2v) is 3.72. The molecule has 1 unspecified atom stereocenters. The van der Waals surface area contributed by atoms with Crippen molar-refractivity contribution in [3.63, 3.8) is 0 Å². The van der Waals surface area contributed by atoms with Crippen LogP contribution in [0.25, 0.3) is 0 Å². The van der Waals surface area contributed by atoms with E-state index in [-0.39, 0.29) is 11.0 Å². The molecule has 1 rings (SSSR count). The number of carbonyl (C=O) groups is 1. The Bertz CT molecular complexity index is 364. The van der Waals surface area contributed by atoms with Gasteiger partial charge >= 0.3 is 5.97 Å². The van der Waals surface area contributed by atoms with Crippen molar-refractivity contribution in [3.8, 4) is 0 Å². The molecule has 1 atom stereocenters. The number of ether oxygens (including phenoxy) is 1. The van der Waals surface area contributed by atoms with Crippen LogP contribution in [0.15, 0.2) is 18.2 Å². The summed E-state index contributed by atoms with van der Waals surface area (Å²) in [5.74, 6) is -0.836. The topological polar surface area (TPSA) is 38.3 Å². The molecule has 0 bridgehead atoms. The molecule has 5 heteroatoms. The van der Waals surface area contributed by atoms with E-state index in [1.54, 1.807) is 6.07 Å². The Morgan fingerprint density at radius 1 is 1.56 bits per heavy atom. The average molecular weight is 246 g/mol. The van der Waals surface area contributed by atoms with Crippen molar-refractivity contribution in [2.45, 2.75) is 19.4 Å². The van der Waals surface area contributed by atoms with Crippen LogP contribution in [0, 0.1) is 5.82 Å². The Morgan fingerprint density at radius 3 is 2.75 bits per heavy atom. The number of anilines is 1. The van der Waals surface area contributed by atoms with Crippen molar-refractivity contribution in [2.75, 3.05) is 12.4 Å². The minimum absolute atomic E-state index is 0.280. The lowest BCUT2D eigenvalue weighted by Crippen LogP contribution is -2.29. The molecule has 0 amide bonds. The first-order chi connectivity index (χ1) is 7.56. The third-order valence-corrected chi connectivity index (χ3v) is 2.32. The van der Waals surface area contributed by atoms with Gasteiger partial charge in [0, 0.05) is 10.7 Å². The SMILES string of the molecule is CCC(Nc1cc(F)cc(Cl)c1)C(=O)OC. The van der Waals surface area contributed by atoms with Crippen LogP contribution in [-0.2, 0) is 9.53 Å². The first-order valence-electron chi connectivity index (χ1n) is 4.87. The number of hydrogen-bond acceptors (Lipinski definition) is 3. The van der Waals surface area contributed by atoms with Gasteiger partial charge in [0.15, 0.2) is 0 Å². The maximum absolute atomic E-state index is 13.0. The quantitative estimate of drug-likeness (QED) is 0.829. The van der Waals surface area contributed by atoms with E-state index in [1.165, 1.54) is 19.2 Å². The zero-order valence-electron chi connectivity index (χ0n) is 9.09. The van der Waals surface area contributed by atoms with Crippen molar-refractivity contribution >= 4 is 23.3 Å². The van der Waals surface area contributed by atoms with E-state index in [0.29, 0.717) is 12.1 Å². The number of hydrogen-bond donors (Lipinski definition) is 1. The van der Waals surface area contributed by atoms with Crippen LogP contribution in [0.1, 0.15) is 13.3 Å². The number of nitrogens with one attached hydrogen (secondary N) is 1. The molecular weight excluding hydrogens is 233 g/mol. The number of rotatable bonds is 4. The lowest BCUT2D eigenvalue weighted by molar-refractivity contribution is -0.141. The summed E-state index contributed by atoms with van der Waals surface area (Å²) >= 11 is 5.69. The highest BCUT2D eigenvalue weighted by molar-refractivity contribution is 6.30. The first-order valence-corrected chi connectivity index (χ1v) is 5.25. The molecule has 0 aromatic heterocycles. The average Bonchev–Trinajstić information content (AvgIpc) is 2.23. The number of methoxy groups -OCH3 is 1. The number of esters is 1. The van der Waals surface area contributed by atoms with E-state index in [0.717, 1.165) is 0 Å². The predicted molar refractivity (Wildman–Crippen MR) is 61.1 cm³/mol. The second-order valence-electron chi connectivity index (χ2n) is 3.29. The summed E-state index contributed by atoms with van der Waals surface area (Å²) < 4.78 is 17.6. The van der Waals surface area contributed by atoms with Gasteiger partial charge in [-0.3, -0.25) is 0 Å². The lowest BCUT2D eigenvalue weighted by Gasteiger charge is -2.15. The fourth-order valence-electron chi connectivity index (χ4n) is 1.31. The van der Waals surface area contributed by atoms with Crippen molar-refractivity contribution in [1.82, 2.24) is 0 Å². The van der Waals surface area contributed by atoms with E-state index in [2.05, 4.69) is 10.1 Å². The number of benzene rings is 1. The van der Waals surface area contributed by atoms with Gasteiger partial charge in [-0.1, -0.05) is 18.5 Å². The molecule has 3 nitrogen and oxygen atoms in total. The van der Waals surface area contributed by atoms with Crippen LogP contribution < -0.4 is 5.32 Å². The highest BCUT2D eigenvalue weighted by atomic mass is 35.5. The van der Waals surface area contributed by atoms with E-state index in [1.807, 2.05) is 6.92 Å². The number of carbonyl (C=O) groups excluding carboxylic acids is 1. The van der Waals surface area contributed by atoms with Gasteiger partial charge in [-0.2, -0.15) is 0 Å². The molecule has 0 spiro atoms. The number of halogens is 2. The molecule has 1 aromatic carbocycles. The van der Waals surface area contributed by atoms with E-state index >= 15 is 0 Å². The molecule has 0 saturated heterocycles. The predicted octanol–water partition coefficient (Wildman–Crippen LogP) is 2.84. The van der Waals surface area contributed by atoms with Gasteiger partial charge < -0.3 is 10.1 Å². The molecule has 0 fully saturated rings. The van der Waals surface area contributed by atoms with E-state index < -0.39 is 11.9 Å². The Balaban J connectivity index is 2.81. The summed E-state index contributed by atoms with van der Waals surface area (Å²) in [6.45, 7) is 1.83. The molecule has 16 heavy (non-hydrogen) atoms. The Kier molecular flexibility index (Phi) is 4.55. The standard InChI is InChI=1S/C11H13ClFNO2/c1-3-10(11(15)16-2)14-9-5-7(12)4-8(13)6-9/h4-6,10,14H,3H2,1-2H3. The highest BCUT2D eigenvalue weighted by Crippen LogP contribution is 2.19. The molecule has 0 aliphatic rings. The van der Waals surface area contributed by atoms with E-state index in [9.17, 15) is 9.18 Å². The monoisotopic (exact) mass is 245 g/mol. The summed E-state index contributed by atoms with van der Waals surface area (Å²) in [4.78, 5) is 11.3. The maximum atomic E-state index is 13.0. The van der Waals surface area contributed by atoms with Crippen LogP contribution in [0.5, 0.6) is 0 Å². The van der Waals surface area contributed by atoms with Crippen LogP contribution >= 0.6 is 11.6 Å². The van der Waals surface area contributed by atoms with Gasteiger partial charge in [0.25, 0.3) is 0 Å². The third-order valence-electron chi connectivity index (χ3n) is 2.10. The lowest BCUT2D eigenvalue weighted by atomic mass is 10.2. The van der Waals surface area contributed by atoms with Crippen LogP contribution in [0.3, 0.4) is 0 Å². The highest BCUT2D eigenvalue weighted by Gasteiger charge is 2.16. The largest absolute Gasteiger partial charge is 0.467 e. The zero-order chi connectivity index (χ0) is 12.1. The van der Waals surface area contributed by atoms with Crippen LogP contribution in [-0.4, -0.2) is 19.1 Å². The Morgan fingerprint density at radius 2 is 2.25 bits per heavy atom. The molecule has 88 valence electrons. The fraction of sp³-hybridized carbons (Fsp3) is 0.364. The van der Waals surface area contributed by atoms with Gasteiger partial charge in [0.2, 0.25) is 0 Å². The van der Waals surface area contributed by atoms with Crippen molar-refractivity contribution < 1.29 is 13.9 Å². The van der Waals surface area contributed by atoms with Gasteiger partial charge in [-0.15, -0.1) is 0 Å². The molecular formula is C11H13ClFNO2. The summed E-state index contributed by atoms with van der Waals surface area (Å²) in [6, 6.07) is 3.53. The van der Waals surface area contributed by atoms with Gasteiger partial charge in [0.1, 0.15) is 11.9 Å². The third kappa shape index (κ3) is 3.38. The first kappa shape index (κ1) is 12.8. The van der Waals surface area contributed by atoms with Crippen molar-refractivity contribution in [3.05, 3.63) is 29.0 Å².